The van der Waals surface area contributed by atoms with Crippen LogP contribution in [0.3, 0.4) is 0 Å². The third kappa shape index (κ3) is 4.39. The lowest BCUT2D eigenvalue weighted by atomic mass is 10.2. The van der Waals surface area contributed by atoms with Crippen molar-refractivity contribution in [3.05, 3.63) is 23.8 Å². The van der Waals surface area contributed by atoms with E-state index >= 15 is 0 Å². The van der Waals surface area contributed by atoms with Gasteiger partial charge in [0.25, 0.3) is 0 Å². The minimum atomic E-state index is -4.04. The van der Waals surface area contributed by atoms with Gasteiger partial charge in [-0.15, -0.1) is 0 Å². The number of nitrogens with one attached hydrogen (secondary N) is 1. The number of nitrogens with two attached hydrogens (primary N) is 1. The summed E-state index contributed by atoms with van der Waals surface area (Å²) in [6, 6.07) is 2.93. The van der Waals surface area contributed by atoms with Gasteiger partial charge in [-0.05, 0) is 18.2 Å². The SMILES string of the molecule is COCC(CO)NS(=O)(=O)c1ccc(N)cc1C(=O)OC. The molecule has 0 fully saturated rings. The van der Waals surface area contributed by atoms with Crippen molar-refractivity contribution in [3.8, 4) is 0 Å². The Morgan fingerprint density at radius 3 is 2.62 bits per heavy atom. The van der Waals surface area contributed by atoms with Crippen LogP contribution < -0.4 is 10.5 Å². The van der Waals surface area contributed by atoms with Crippen LogP contribution in [0.2, 0.25) is 0 Å². The van der Waals surface area contributed by atoms with E-state index in [2.05, 4.69) is 9.46 Å². The van der Waals surface area contributed by atoms with Crippen LogP contribution in [0.25, 0.3) is 0 Å². The lowest BCUT2D eigenvalue weighted by Crippen LogP contribution is -2.41. The van der Waals surface area contributed by atoms with Gasteiger partial charge in [0.15, 0.2) is 0 Å². The molecule has 118 valence electrons. The zero-order chi connectivity index (χ0) is 16.0. The molecule has 0 aromatic heterocycles. The topological polar surface area (TPSA) is 128 Å². The molecule has 1 aromatic carbocycles. The van der Waals surface area contributed by atoms with E-state index in [4.69, 9.17) is 15.6 Å². The summed E-state index contributed by atoms with van der Waals surface area (Å²) in [7, 11) is -1.53. The van der Waals surface area contributed by atoms with Crippen molar-refractivity contribution < 1.29 is 27.8 Å². The minimum absolute atomic E-state index is 0.0156. The first-order valence-electron chi connectivity index (χ1n) is 5.95. The maximum absolute atomic E-state index is 12.3. The Kier molecular flexibility index (Phi) is 6.09. The van der Waals surface area contributed by atoms with Crippen LogP contribution in [0.5, 0.6) is 0 Å². The maximum atomic E-state index is 12.3. The highest BCUT2D eigenvalue weighted by Crippen LogP contribution is 2.20. The number of esters is 1. The second-order valence-electron chi connectivity index (χ2n) is 4.20. The molecule has 0 aliphatic heterocycles. The highest BCUT2D eigenvalue weighted by Gasteiger charge is 2.25. The number of hydrogen-bond acceptors (Lipinski definition) is 7. The zero-order valence-corrected chi connectivity index (χ0v) is 12.5. The van der Waals surface area contributed by atoms with E-state index in [0.717, 1.165) is 7.11 Å². The predicted octanol–water partition coefficient (Wildman–Crippen LogP) is -0.659. The normalized spacial score (nSPS) is 12.9. The molecular formula is C12H18N2O6S. The van der Waals surface area contributed by atoms with Gasteiger partial charge in [-0.3, -0.25) is 0 Å². The molecule has 8 nitrogen and oxygen atoms in total. The molecule has 1 atom stereocenters. The standard InChI is InChI=1S/C12H18N2O6S/c1-19-7-9(6-15)14-21(17,18)11-4-3-8(13)5-10(11)12(16)20-2/h3-5,9,14-15H,6-7,13H2,1-2H3. The number of ether oxygens (including phenoxy) is 2. The molecule has 0 aliphatic carbocycles. The van der Waals surface area contributed by atoms with Crippen molar-refractivity contribution in [1.82, 2.24) is 4.72 Å². The van der Waals surface area contributed by atoms with E-state index in [1.165, 1.54) is 25.3 Å². The number of sulfonamides is 1. The van der Waals surface area contributed by atoms with Crippen molar-refractivity contribution >= 4 is 21.7 Å². The average molecular weight is 318 g/mol. The monoisotopic (exact) mass is 318 g/mol. The number of benzene rings is 1. The predicted molar refractivity (Wildman–Crippen MR) is 75.3 cm³/mol. The molecule has 0 aliphatic rings. The van der Waals surface area contributed by atoms with Crippen LogP contribution in [0, 0.1) is 0 Å². The number of aliphatic hydroxyl groups is 1. The lowest BCUT2D eigenvalue weighted by molar-refractivity contribution is 0.0596. The van der Waals surface area contributed by atoms with Crippen LogP contribution in [0.15, 0.2) is 23.1 Å². The first-order valence-corrected chi connectivity index (χ1v) is 7.44. The molecule has 0 saturated carbocycles. The number of aliphatic hydroxyl groups excluding tert-OH is 1. The van der Waals surface area contributed by atoms with Crippen molar-refractivity contribution in [2.75, 3.05) is 33.2 Å². The van der Waals surface area contributed by atoms with Crippen LogP contribution in [0.1, 0.15) is 10.4 Å². The van der Waals surface area contributed by atoms with Gasteiger partial charge in [0.1, 0.15) is 0 Å². The third-order valence-electron chi connectivity index (χ3n) is 2.61. The zero-order valence-electron chi connectivity index (χ0n) is 11.7. The van der Waals surface area contributed by atoms with Gasteiger partial charge < -0.3 is 20.3 Å². The van der Waals surface area contributed by atoms with Gasteiger partial charge in [0.05, 0.1) is 36.8 Å². The second-order valence-corrected chi connectivity index (χ2v) is 5.89. The van der Waals surface area contributed by atoms with Crippen molar-refractivity contribution in [2.45, 2.75) is 10.9 Å². The Morgan fingerprint density at radius 2 is 2.10 bits per heavy atom. The molecule has 0 radical (unpaired) electrons. The number of hydrogen-bond donors (Lipinski definition) is 3. The number of rotatable bonds is 7. The molecule has 1 aromatic rings. The summed E-state index contributed by atoms with van der Waals surface area (Å²) in [6.45, 7) is -0.464. The molecule has 0 saturated heterocycles. The van der Waals surface area contributed by atoms with Crippen molar-refractivity contribution in [1.29, 1.82) is 0 Å². The van der Waals surface area contributed by atoms with E-state index in [9.17, 15) is 13.2 Å². The Morgan fingerprint density at radius 1 is 1.43 bits per heavy atom. The summed E-state index contributed by atoms with van der Waals surface area (Å²) >= 11 is 0. The Bertz CT molecular complexity index is 602. The average Bonchev–Trinajstić information content (AvgIpc) is 2.45. The first kappa shape index (κ1) is 17.4. The largest absolute Gasteiger partial charge is 0.465 e. The Labute approximate surface area is 122 Å². The second kappa shape index (κ2) is 7.36. The molecular weight excluding hydrogens is 300 g/mol. The molecule has 1 rings (SSSR count). The molecule has 9 heteroatoms. The summed E-state index contributed by atoms with van der Waals surface area (Å²) in [5.74, 6) is -0.824. The van der Waals surface area contributed by atoms with E-state index in [1.54, 1.807) is 0 Å². The summed E-state index contributed by atoms with van der Waals surface area (Å²) in [4.78, 5) is 11.4. The molecule has 21 heavy (non-hydrogen) atoms. The van der Waals surface area contributed by atoms with Crippen molar-refractivity contribution in [2.24, 2.45) is 0 Å². The summed E-state index contributed by atoms with van der Waals surface area (Å²) in [6.07, 6.45) is 0. The van der Waals surface area contributed by atoms with Gasteiger partial charge in [0.2, 0.25) is 10.0 Å². The fourth-order valence-electron chi connectivity index (χ4n) is 1.66. The van der Waals surface area contributed by atoms with Gasteiger partial charge >= 0.3 is 5.97 Å². The van der Waals surface area contributed by atoms with E-state index in [1.807, 2.05) is 0 Å². The van der Waals surface area contributed by atoms with Crippen LogP contribution in [0.4, 0.5) is 5.69 Å². The quantitative estimate of drug-likeness (QED) is 0.450. The summed E-state index contributed by atoms with van der Waals surface area (Å²) < 4.78 is 36.2. The Balaban J connectivity index is 3.22. The van der Waals surface area contributed by atoms with Crippen LogP contribution >= 0.6 is 0 Å². The van der Waals surface area contributed by atoms with Gasteiger partial charge in [-0.1, -0.05) is 0 Å². The number of carbonyl (C=O) groups excluding carboxylic acids is 1. The highest BCUT2D eigenvalue weighted by atomic mass is 32.2. The number of nitrogen functional groups attached to an aromatic ring is 1. The molecule has 0 bridgehead atoms. The van der Waals surface area contributed by atoms with Crippen LogP contribution in [-0.4, -0.2) is 53.0 Å². The Hall–Kier alpha value is -1.68. The van der Waals surface area contributed by atoms with Gasteiger partial charge in [-0.2, -0.15) is 0 Å². The van der Waals surface area contributed by atoms with Crippen molar-refractivity contribution in [3.63, 3.8) is 0 Å². The molecule has 0 amide bonds. The third-order valence-corrected chi connectivity index (χ3v) is 4.19. The van der Waals surface area contributed by atoms with Gasteiger partial charge in [-0.25, -0.2) is 17.9 Å². The van der Waals surface area contributed by atoms with Crippen LogP contribution in [-0.2, 0) is 19.5 Å². The summed E-state index contributed by atoms with van der Waals surface area (Å²) in [5, 5.41) is 9.12. The number of anilines is 1. The first-order chi connectivity index (χ1) is 9.85. The van der Waals surface area contributed by atoms with E-state index in [0.29, 0.717) is 0 Å². The van der Waals surface area contributed by atoms with Gasteiger partial charge in [0, 0.05) is 12.8 Å². The van der Waals surface area contributed by atoms with E-state index < -0.39 is 28.6 Å². The molecule has 4 N–H and O–H groups in total. The number of carbonyl (C=O) groups is 1. The smallest absolute Gasteiger partial charge is 0.339 e. The highest BCUT2D eigenvalue weighted by molar-refractivity contribution is 7.89. The molecule has 0 spiro atoms. The maximum Gasteiger partial charge on any atom is 0.339 e. The fraction of sp³-hybridized carbons (Fsp3) is 0.417. The lowest BCUT2D eigenvalue weighted by Gasteiger charge is -2.17. The molecule has 1 unspecified atom stereocenters. The number of methoxy groups -OCH3 is 2. The minimum Gasteiger partial charge on any atom is -0.465 e. The molecule has 0 heterocycles. The van der Waals surface area contributed by atoms with E-state index in [-0.39, 0.29) is 22.8 Å². The fourth-order valence-corrected chi connectivity index (χ4v) is 3.05. The summed E-state index contributed by atoms with van der Waals surface area (Å²) in [5.41, 5.74) is 5.60.